The fourth-order valence-electron chi connectivity index (χ4n) is 3.14. The number of fused-ring (bicyclic) bond motifs is 1. The molecule has 2 heterocycles. The summed E-state index contributed by atoms with van der Waals surface area (Å²) in [5, 5.41) is 3.96. The molecule has 0 saturated carbocycles. The average Bonchev–Trinajstić information content (AvgIpc) is 3.19. The van der Waals surface area contributed by atoms with Crippen LogP contribution in [0.2, 0.25) is 0 Å². The van der Waals surface area contributed by atoms with E-state index in [1.54, 1.807) is 7.05 Å². The predicted octanol–water partition coefficient (Wildman–Crippen LogP) is 3.19. The maximum absolute atomic E-state index is 12.9. The van der Waals surface area contributed by atoms with Crippen molar-refractivity contribution in [3.8, 4) is 0 Å². The van der Waals surface area contributed by atoms with Crippen LogP contribution in [-0.2, 0) is 23.6 Å². The number of sulfonamides is 1. The predicted molar refractivity (Wildman–Crippen MR) is 117 cm³/mol. The first kappa shape index (κ1) is 19.8. The topological polar surface area (TPSA) is 93.0 Å². The molecule has 0 spiro atoms. The zero-order valence-electron chi connectivity index (χ0n) is 16.7. The first-order valence-electron chi connectivity index (χ1n) is 9.53. The molecule has 0 unspecified atom stereocenters. The molecule has 30 heavy (non-hydrogen) atoms. The number of aromatic nitrogens is 4. The molecule has 0 aliphatic heterocycles. The van der Waals surface area contributed by atoms with E-state index in [-0.39, 0.29) is 10.7 Å². The Balaban J connectivity index is 1.79. The molecule has 2 aromatic heterocycles. The largest absolute Gasteiger partial charge is 0.349 e. The van der Waals surface area contributed by atoms with Gasteiger partial charge in [-0.1, -0.05) is 42.5 Å². The molecule has 9 heteroatoms. The second kappa shape index (κ2) is 8.11. The van der Waals surface area contributed by atoms with Crippen LogP contribution in [0.5, 0.6) is 0 Å². The van der Waals surface area contributed by atoms with Crippen LogP contribution in [0.3, 0.4) is 0 Å². The number of nitrogens with one attached hydrogen (secondary N) is 1. The molecule has 2 aromatic carbocycles. The molecule has 4 aromatic rings. The first-order chi connectivity index (χ1) is 14.5. The van der Waals surface area contributed by atoms with E-state index >= 15 is 0 Å². The maximum atomic E-state index is 12.9. The minimum absolute atomic E-state index is 0.0667. The van der Waals surface area contributed by atoms with E-state index in [2.05, 4.69) is 14.8 Å². The number of para-hydroxylation sites is 2. The van der Waals surface area contributed by atoms with Crippen molar-refractivity contribution in [3.05, 3.63) is 72.6 Å². The van der Waals surface area contributed by atoms with Gasteiger partial charge >= 0.3 is 0 Å². The van der Waals surface area contributed by atoms with Crippen LogP contribution in [0.1, 0.15) is 12.5 Å². The van der Waals surface area contributed by atoms with Gasteiger partial charge in [-0.05, 0) is 24.6 Å². The highest BCUT2D eigenvalue weighted by molar-refractivity contribution is 7.92. The fraction of sp³-hybridized carbons (Fsp3) is 0.190. The minimum Gasteiger partial charge on any atom is -0.349 e. The summed E-state index contributed by atoms with van der Waals surface area (Å²) in [6, 6.07) is 17.4. The molecule has 0 amide bonds. The number of benzene rings is 2. The maximum Gasteiger partial charge on any atom is 0.266 e. The van der Waals surface area contributed by atoms with Crippen LogP contribution in [0.25, 0.3) is 11.0 Å². The summed E-state index contributed by atoms with van der Waals surface area (Å²) in [6.07, 6.45) is 2.75. The van der Waals surface area contributed by atoms with Crippen LogP contribution in [0, 0.1) is 0 Å². The number of anilines is 2. The van der Waals surface area contributed by atoms with Crippen molar-refractivity contribution in [2.75, 3.05) is 16.2 Å². The van der Waals surface area contributed by atoms with Gasteiger partial charge in [0.2, 0.25) is 0 Å². The van der Waals surface area contributed by atoms with Gasteiger partial charge in [0.25, 0.3) is 10.0 Å². The van der Waals surface area contributed by atoms with E-state index in [1.165, 1.54) is 17.1 Å². The summed E-state index contributed by atoms with van der Waals surface area (Å²) >= 11 is 0. The molecule has 0 fully saturated rings. The standard InChI is InChI=1S/C21H22N6O2S/c1-3-27(14-16-9-5-4-6-10-16)21-20(23-18-11-7-8-12-19(18)24-21)25-30(28,29)17-13-22-26(2)15-17/h4-13,15H,3,14H2,1-2H3,(H,23,25). The lowest BCUT2D eigenvalue weighted by Crippen LogP contribution is -2.26. The molecule has 0 aliphatic carbocycles. The molecule has 0 aliphatic rings. The third-order valence-electron chi connectivity index (χ3n) is 4.67. The van der Waals surface area contributed by atoms with Gasteiger partial charge in [0.05, 0.1) is 17.2 Å². The summed E-state index contributed by atoms with van der Waals surface area (Å²) in [5.74, 6) is 0.669. The van der Waals surface area contributed by atoms with Crippen LogP contribution in [0.4, 0.5) is 11.6 Å². The van der Waals surface area contributed by atoms with Crippen molar-refractivity contribution in [1.29, 1.82) is 0 Å². The molecular weight excluding hydrogens is 400 g/mol. The van der Waals surface area contributed by atoms with Gasteiger partial charge in [0, 0.05) is 26.3 Å². The number of hydrogen-bond acceptors (Lipinski definition) is 6. The first-order valence-corrected chi connectivity index (χ1v) is 11.0. The van der Waals surface area contributed by atoms with Gasteiger partial charge in [-0.25, -0.2) is 18.4 Å². The molecule has 0 radical (unpaired) electrons. The van der Waals surface area contributed by atoms with Crippen molar-refractivity contribution < 1.29 is 8.42 Å². The summed E-state index contributed by atoms with van der Waals surface area (Å²) in [4.78, 5) is 11.4. The normalized spacial score (nSPS) is 11.5. The average molecular weight is 423 g/mol. The molecule has 0 bridgehead atoms. The Kier molecular flexibility index (Phi) is 5.37. The van der Waals surface area contributed by atoms with E-state index in [9.17, 15) is 8.42 Å². The van der Waals surface area contributed by atoms with E-state index in [1.807, 2.05) is 66.4 Å². The van der Waals surface area contributed by atoms with E-state index in [0.29, 0.717) is 29.9 Å². The Bertz CT molecular complexity index is 1270. The molecular formula is C21H22N6O2S. The fourth-order valence-corrected chi connectivity index (χ4v) is 4.13. The number of nitrogens with zero attached hydrogens (tertiary/aromatic N) is 5. The van der Waals surface area contributed by atoms with Gasteiger partial charge in [-0.2, -0.15) is 5.10 Å². The SMILES string of the molecule is CCN(Cc1ccccc1)c1nc2ccccc2nc1NS(=O)(=O)c1cnn(C)c1. The Morgan fingerprint density at radius 1 is 1.00 bits per heavy atom. The van der Waals surface area contributed by atoms with Crippen LogP contribution < -0.4 is 9.62 Å². The summed E-state index contributed by atoms with van der Waals surface area (Å²) < 4.78 is 29.9. The van der Waals surface area contributed by atoms with Crippen molar-refractivity contribution in [3.63, 3.8) is 0 Å². The molecule has 154 valence electrons. The van der Waals surface area contributed by atoms with Gasteiger partial charge < -0.3 is 4.90 Å². The Hall–Kier alpha value is -3.46. The van der Waals surface area contributed by atoms with Gasteiger partial charge in [-0.3, -0.25) is 9.40 Å². The highest BCUT2D eigenvalue weighted by Gasteiger charge is 2.22. The van der Waals surface area contributed by atoms with E-state index in [0.717, 1.165) is 5.56 Å². The summed E-state index contributed by atoms with van der Waals surface area (Å²) in [7, 11) is -2.20. The number of aryl methyl sites for hydroxylation is 1. The van der Waals surface area contributed by atoms with Crippen LogP contribution >= 0.6 is 0 Å². The van der Waals surface area contributed by atoms with E-state index in [4.69, 9.17) is 4.98 Å². The van der Waals surface area contributed by atoms with Crippen LogP contribution in [-0.4, -0.2) is 34.7 Å². The third kappa shape index (κ3) is 4.11. The third-order valence-corrected chi connectivity index (χ3v) is 5.97. The monoisotopic (exact) mass is 422 g/mol. The highest BCUT2D eigenvalue weighted by atomic mass is 32.2. The smallest absolute Gasteiger partial charge is 0.266 e. The molecule has 1 N–H and O–H groups in total. The van der Waals surface area contributed by atoms with Crippen molar-refractivity contribution in [1.82, 2.24) is 19.7 Å². The number of rotatable bonds is 7. The Labute approximate surface area is 175 Å². The minimum atomic E-state index is -3.86. The van der Waals surface area contributed by atoms with Crippen LogP contribution in [0.15, 0.2) is 71.9 Å². The van der Waals surface area contributed by atoms with Crippen molar-refractivity contribution >= 4 is 32.7 Å². The lowest BCUT2D eigenvalue weighted by atomic mass is 10.2. The van der Waals surface area contributed by atoms with Crippen molar-refractivity contribution in [2.45, 2.75) is 18.4 Å². The van der Waals surface area contributed by atoms with Gasteiger partial charge in [0.15, 0.2) is 11.6 Å². The Morgan fingerprint density at radius 2 is 1.67 bits per heavy atom. The second-order valence-corrected chi connectivity index (χ2v) is 8.52. The van der Waals surface area contributed by atoms with Gasteiger partial charge in [-0.15, -0.1) is 0 Å². The Morgan fingerprint density at radius 3 is 2.30 bits per heavy atom. The molecule has 8 nitrogen and oxygen atoms in total. The number of hydrogen-bond donors (Lipinski definition) is 1. The highest BCUT2D eigenvalue weighted by Crippen LogP contribution is 2.28. The van der Waals surface area contributed by atoms with Gasteiger partial charge in [0.1, 0.15) is 4.90 Å². The molecule has 0 saturated heterocycles. The quantitative estimate of drug-likeness (QED) is 0.492. The summed E-state index contributed by atoms with van der Waals surface area (Å²) in [6.45, 7) is 3.20. The molecule has 4 rings (SSSR count). The second-order valence-electron chi connectivity index (χ2n) is 6.84. The van der Waals surface area contributed by atoms with E-state index < -0.39 is 10.0 Å². The summed E-state index contributed by atoms with van der Waals surface area (Å²) in [5.41, 5.74) is 2.40. The molecule has 0 atom stereocenters. The lowest BCUT2D eigenvalue weighted by Gasteiger charge is -2.24. The zero-order chi connectivity index (χ0) is 21.1. The van der Waals surface area contributed by atoms with Crippen molar-refractivity contribution in [2.24, 2.45) is 7.05 Å². The zero-order valence-corrected chi connectivity index (χ0v) is 17.5. The lowest BCUT2D eigenvalue weighted by molar-refractivity contribution is 0.601.